The maximum absolute atomic E-state index is 11.0. The first kappa shape index (κ1) is 9.46. The van der Waals surface area contributed by atoms with Crippen LogP contribution in [-0.4, -0.2) is 17.5 Å². The van der Waals surface area contributed by atoms with Gasteiger partial charge in [-0.15, -0.1) is 0 Å². The lowest BCUT2D eigenvalue weighted by Gasteiger charge is -2.19. The molecular weight excluding hydrogens is 152 g/mol. The Morgan fingerprint density at radius 3 is 3.08 bits per heavy atom. The first-order chi connectivity index (χ1) is 5.74. The van der Waals surface area contributed by atoms with E-state index in [2.05, 4.69) is 6.92 Å². The molecule has 1 N–H and O–H groups in total. The summed E-state index contributed by atoms with van der Waals surface area (Å²) in [6.07, 6.45) is 5.11. The first-order valence-corrected chi connectivity index (χ1v) is 4.58. The fraction of sp³-hybridized carbons (Fsp3) is 0.700. The van der Waals surface area contributed by atoms with Gasteiger partial charge in [-0.3, -0.25) is 4.79 Å². The number of carbonyl (C=O) groups is 1. The summed E-state index contributed by atoms with van der Waals surface area (Å²) in [5.74, 6) is 0.787. The number of aliphatic hydroxyl groups is 1. The Bertz CT molecular complexity index is 194. The van der Waals surface area contributed by atoms with E-state index in [1.807, 2.05) is 0 Å². The van der Waals surface area contributed by atoms with Crippen molar-refractivity contribution in [3.8, 4) is 0 Å². The minimum atomic E-state index is 0.220. The molecule has 0 spiro atoms. The molecule has 0 aromatic carbocycles. The average Bonchev–Trinajstić information content (AvgIpc) is 2.07. The van der Waals surface area contributed by atoms with Crippen LogP contribution in [-0.2, 0) is 4.79 Å². The van der Waals surface area contributed by atoms with Crippen molar-refractivity contribution in [2.75, 3.05) is 6.61 Å². The molecule has 1 aliphatic rings. The number of hydrogen-bond donors (Lipinski definition) is 1. The molecule has 0 bridgehead atoms. The van der Waals surface area contributed by atoms with Gasteiger partial charge in [0, 0.05) is 13.0 Å². The number of allylic oxidation sites excluding steroid dienone is 2. The molecule has 0 radical (unpaired) electrons. The molecule has 1 rings (SSSR count). The van der Waals surface area contributed by atoms with Crippen molar-refractivity contribution in [3.63, 3.8) is 0 Å². The molecule has 0 aliphatic heterocycles. The maximum atomic E-state index is 11.0. The third-order valence-electron chi connectivity index (χ3n) is 2.43. The third-order valence-corrected chi connectivity index (χ3v) is 2.43. The normalized spacial score (nSPS) is 24.0. The Morgan fingerprint density at radius 1 is 1.67 bits per heavy atom. The zero-order chi connectivity index (χ0) is 8.97. The standard InChI is InChI=1S/C10H16O2/c1-8-4-5-10(12)7-9(8)3-2-6-11/h7-8,11H,2-6H2,1H3. The summed E-state index contributed by atoms with van der Waals surface area (Å²) < 4.78 is 0. The van der Waals surface area contributed by atoms with Crippen molar-refractivity contribution in [1.82, 2.24) is 0 Å². The number of hydrogen-bond acceptors (Lipinski definition) is 2. The Labute approximate surface area is 73.3 Å². The molecule has 1 aliphatic carbocycles. The van der Waals surface area contributed by atoms with Gasteiger partial charge in [0.15, 0.2) is 5.78 Å². The van der Waals surface area contributed by atoms with E-state index in [1.54, 1.807) is 6.08 Å². The molecule has 2 nitrogen and oxygen atoms in total. The molecule has 68 valence electrons. The molecule has 0 amide bonds. The fourth-order valence-electron chi connectivity index (χ4n) is 1.57. The summed E-state index contributed by atoms with van der Waals surface area (Å²) in [5.41, 5.74) is 1.22. The monoisotopic (exact) mass is 168 g/mol. The third kappa shape index (κ3) is 2.45. The van der Waals surface area contributed by atoms with Crippen LogP contribution in [0.3, 0.4) is 0 Å². The highest BCUT2D eigenvalue weighted by molar-refractivity contribution is 5.91. The summed E-state index contributed by atoms with van der Waals surface area (Å²) in [7, 11) is 0. The Hall–Kier alpha value is -0.630. The Balaban J connectivity index is 2.52. The molecule has 0 aromatic rings. The minimum Gasteiger partial charge on any atom is -0.396 e. The SMILES string of the molecule is CC1CCC(=O)C=C1CCCO. The van der Waals surface area contributed by atoms with Crippen LogP contribution in [0.15, 0.2) is 11.6 Å². The largest absolute Gasteiger partial charge is 0.396 e. The molecule has 2 heteroatoms. The lowest BCUT2D eigenvalue weighted by atomic mass is 9.86. The van der Waals surface area contributed by atoms with Gasteiger partial charge in [0.05, 0.1) is 0 Å². The molecule has 1 atom stereocenters. The summed E-state index contributed by atoms with van der Waals surface area (Å²) in [5, 5.41) is 8.64. The van der Waals surface area contributed by atoms with Crippen LogP contribution < -0.4 is 0 Å². The van der Waals surface area contributed by atoms with Gasteiger partial charge in [-0.1, -0.05) is 12.5 Å². The van der Waals surface area contributed by atoms with E-state index in [1.165, 1.54) is 5.57 Å². The van der Waals surface area contributed by atoms with E-state index < -0.39 is 0 Å². The van der Waals surface area contributed by atoms with Crippen LogP contribution in [0, 0.1) is 5.92 Å². The second-order valence-corrected chi connectivity index (χ2v) is 3.45. The highest BCUT2D eigenvalue weighted by Crippen LogP contribution is 2.25. The van der Waals surface area contributed by atoms with Gasteiger partial charge >= 0.3 is 0 Å². The van der Waals surface area contributed by atoms with Crippen molar-refractivity contribution in [2.24, 2.45) is 5.92 Å². The number of carbonyl (C=O) groups excluding carboxylic acids is 1. The van der Waals surface area contributed by atoms with E-state index in [0.717, 1.165) is 19.3 Å². The molecular formula is C10H16O2. The molecule has 1 unspecified atom stereocenters. The predicted octanol–water partition coefficient (Wildman–Crippen LogP) is 1.68. The van der Waals surface area contributed by atoms with Gasteiger partial charge in [0.25, 0.3) is 0 Å². The maximum Gasteiger partial charge on any atom is 0.155 e. The Kier molecular flexibility index (Phi) is 3.48. The van der Waals surface area contributed by atoms with Gasteiger partial charge < -0.3 is 5.11 Å². The van der Waals surface area contributed by atoms with Gasteiger partial charge in [-0.25, -0.2) is 0 Å². The van der Waals surface area contributed by atoms with Crippen LogP contribution >= 0.6 is 0 Å². The second kappa shape index (κ2) is 4.41. The topological polar surface area (TPSA) is 37.3 Å². The van der Waals surface area contributed by atoms with Crippen molar-refractivity contribution in [3.05, 3.63) is 11.6 Å². The van der Waals surface area contributed by atoms with Crippen molar-refractivity contribution >= 4 is 5.78 Å². The molecule has 0 heterocycles. The first-order valence-electron chi connectivity index (χ1n) is 4.58. The van der Waals surface area contributed by atoms with E-state index in [-0.39, 0.29) is 12.4 Å². The summed E-state index contributed by atoms with van der Waals surface area (Å²) in [6.45, 7) is 2.37. The molecule has 0 fully saturated rings. The summed E-state index contributed by atoms with van der Waals surface area (Å²) >= 11 is 0. The van der Waals surface area contributed by atoms with Gasteiger partial charge in [-0.05, 0) is 31.3 Å². The van der Waals surface area contributed by atoms with Crippen LogP contribution in [0.2, 0.25) is 0 Å². The van der Waals surface area contributed by atoms with E-state index in [4.69, 9.17) is 5.11 Å². The van der Waals surface area contributed by atoms with Crippen molar-refractivity contribution in [1.29, 1.82) is 0 Å². The molecule has 12 heavy (non-hydrogen) atoms. The number of ketones is 1. The minimum absolute atomic E-state index is 0.220. The van der Waals surface area contributed by atoms with Crippen LogP contribution in [0.25, 0.3) is 0 Å². The molecule has 0 aromatic heterocycles. The molecule has 0 saturated heterocycles. The van der Waals surface area contributed by atoms with Crippen molar-refractivity contribution < 1.29 is 9.90 Å². The van der Waals surface area contributed by atoms with Crippen LogP contribution in [0.5, 0.6) is 0 Å². The van der Waals surface area contributed by atoms with Crippen LogP contribution in [0.4, 0.5) is 0 Å². The van der Waals surface area contributed by atoms with Crippen LogP contribution in [0.1, 0.15) is 32.6 Å². The summed E-state index contributed by atoms with van der Waals surface area (Å²) in [6, 6.07) is 0. The quantitative estimate of drug-likeness (QED) is 0.696. The zero-order valence-corrected chi connectivity index (χ0v) is 7.55. The average molecular weight is 168 g/mol. The highest BCUT2D eigenvalue weighted by atomic mass is 16.2. The van der Waals surface area contributed by atoms with E-state index in [0.29, 0.717) is 12.3 Å². The predicted molar refractivity (Wildman–Crippen MR) is 47.8 cm³/mol. The lowest BCUT2D eigenvalue weighted by Crippen LogP contribution is -2.11. The van der Waals surface area contributed by atoms with Gasteiger partial charge in [0.2, 0.25) is 0 Å². The summed E-state index contributed by atoms with van der Waals surface area (Å²) in [4.78, 5) is 11.0. The molecule has 0 saturated carbocycles. The van der Waals surface area contributed by atoms with Gasteiger partial charge in [-0.2, -0.15) is 0 Å². The number of aliphatic hydroxyl groups excluding tert-OH is 1. The number of rotatable bonds is 3. The van der Waals surface area contributed by atoms with E-state index in [9.17, 15) is 4.79 Å². The second-order valence-electron chi connectivity index (χ2n) is 3.45. The van der Waals surface area contributed by atoms with Crippen molar-refractivity contribution in [2.45, 2.75) is 32.6 Å². The Morgan fingerprint density at radius 2 is 2.42 bits per heavy atom. The smallest absolute Gasteiger partial charge is 0.155 e. The zero-order valence-electron chi connectivity index (χ0n) is 7.55. The van der Waals surface area contributed by atoms with E-state index >= 15 is 0 Å². The van der Waals surface area contributed by atoms with Gasteiger partial charge in [0.1, 0.15) is 0 Å². The fourth-order valence-corrected chi connectivity index (χ4v) is 1.57. The highest BCUT2D eigenvalue weighted by Gasteiger charge is 2.16. The lowest BCUT2D eigenvalue weighted by molar-refractivity contribution is -0.115.